The van der Waals surface area contributed by atoms with Crippen molar-refractivity contribution in [1.29, 1.82) is 0 Å². The van der Waals surface area contributed by atoms with Gasteiger partial charge in [0.15, 0.2) is 0 Å². The van der Waals surface area contributed by atoms with Crippen molar-refractivity contribution in [3.8, 4) is 5.75 Å². The molecule has 0 saturated carbocycles. The van der Waals surface area contributed by atoms with Gasteiger partial charge in [0.2, 0.25) is 5.69 Å². The van der Waals surface area contributed by atoms with Crippen LogP contribution in [0.3, 0.4) is 0 Å². The number of aromatic amines is 1. The summed E-state index contributed by atoms with van der Waals surface area (Å²) >= 11 is 0. The number of benzene rings is 2. The molecule has 2 aromatic carbocycles. The second kappa shape index (κ2) is 7.43. The van der Waals surface area contributed by atoms with Gasteiger partial charge in [-0.05, 0) is 48.0 Å². The number of halogens is 1. The van der Waals surface area contributed by atoms with Crippen LogP contribution in [0.2, 0.25) is 0 Å². The largest absolute Gasteiger partial charge is 0.497 e. The van der Waals surface area contributed by atoms with Gasteiger partial charge in [0.1, 0.15) is 11.6 Å². The van der Waals surface area contributed by atoms with E-state index in [4.69, 9.17) is 4.74 Å². The van der Waals surface area contributed by atoms with E-state index in [1.54, 1.807) is 31.4 Å². The van der Waals surface area contributed by atoms with Gasteiger partial charge in [-0.3, -0.25) is 9.59 Å². The van der Waals surface area contributed by atoms with Crippen LogP contribution in [-0.4, -0.2) is 34.3 Å². The van der Waals surface area contributed by atoms with Crippen molar-refractivity contribution in [3.05, 3.63) is 76.0 Å². The number of carbonyl (C=O) groups is 1. The first-order valence-electron chi connectivity index (χ1n) is 7.49. The highest BCUT2D eigenvalue weighted by atomic mass is 19.1. The Morgan fingerprint density at radius 2 is 2.08 bits per heavy atom. The molecule has 3 rings (SSSR count). The number of H-pyrrole nitrogens is 1. The molecule has 132 valence electrons. The van der Waals surface area contributed by atoms with E-state index in [1.807, 2.05) is 0 Å². The number of nitrogens with zero attached hydrogens (tertiary/aromatic N) is 3. The van der Waals surface area contributed by atoms with Crippen LogP contribution >= 0.6 is 0 Å². The van der Waals surface area contributed by atoms with E-state index in [-0.39, 0.29) is 11.4 Å². The molecule has 1 heterocycles. The van der Waals surface area contributed by atoms with Crippen molar-refractivity contribution in [2.45, 2.75) is 0 Å². The molecule has 9 heteroatoms. The molecular formula is C17H14FN5O3. The number of nitrogens with one attached hydrogen (secondary N) is 2. The van der Waals surface area contributed by atoms with Crippen molar-refractivity contribution < 1.29 is 13.9 Å². The van der Waals surface area contributed by atoms with Crippen molar-refractivity contribution in [1.82, 2.24) is 15.1 Å². The maximum Gasteiger partial charge on any atom is 0.320 e. The Kier molecular flexibility index (Phi) is 4.88. The summed E-state index contributed by atoms with van der Waals surface area (Å²) in [6.07, 6.45) is 1.42. The summed E-state index contributed by atoms with van der Waals surface area (Å²) in [5.74, 6) is -0.584. The van der Waals surface area contributed by atoms with Gasteiger partial charge in [0.25, 0.3) is 5.91 Å². The molecule has 1 aromatic heterocycles. The summed E-state index contributed by atoms with van der Waals surface area (Å²) in [7, 11) is 1.56. The van der Waals surface area contributed by atoms with Crippen LogP contribution in [0, 0.1) is 5.82 Å². The van der Waals surface area contributed by atoms with Crippen molar-refractivity contribution in [3.63, 3.8) is 0 Å². The second-order valence-electron chi connectivity index (χ2n) is 5.16. The maximum absolute atomic E-state index is 13.1. The van der Waals surface area contributed by atoms with Crippen LogP contribution in [0.25, 0.3) is 0 Å². The number of carbonyl (C=O) groups excluding carboxylic acids is 1. The quantitative estimate of drug-likeness (QED) is 0.682. The van der Waals surface area contributed by atoms with E-state index in [1.165, 1.54) is 24.4 Å². The van der Waals surface area contributed by atoms with Crippen LogP contribution in [0.1, 0.15) is 16.1 Å². The molecular weight excluding hydrogens is 341 g/mol. The molecule has 0 saturated heterocycles. The topological polar surface area (TPSA) is 101 Å². The Morgan fingerprint density at radius 3 is 2.77 bits per heavy atom. The van der Waals surface area contributed by atoms with E-state index in [9.17, 15) is 14.0 Å². The molecule has 0 aliphatic carbocycles. The Labute approximate surface area is 146 Å². The number of anilines is 1. The molecule has 2 N–H and O–H groups in total. The lowest BCUT2D eigenvalue weighted by molar-refractivity contribution is 0.102. The summed E-state index contributed by atoms with van der Waals surface area (Å²) < 4.78 is 18.2. The molecule has 0 atom stereocenters. The minimum absolute atomic E-state index is 0.214. The number of methoxy groups -OCH3 is 1. The lowest BCUT2D eigenvalue weighted by Gasteiger charge is -2.01. The lowest BCUT2D eigenvalue weighted by Crippen LogP contribution is -2.23. The van der Waals surface area contributed by atoms with Gasteiger partial charge < -0.3 is 10.1 Å². The SMILES string of the molecule is COc1ccc(C=Nn2[nH]nc(C(=O)Nc3cccc(F)c3)c2=O)cc1. The lowest BCUT2D eigenvalue weighted by atomic mass is 10.2. The predicted octanol–water partition coefficient (Wildman–Crippen LogP) is 1.85. The second-order valence-corrected chi connectivity index (χ2v) is 5.16. The molecule has 0 spiro atoms. The van der Waals surface area contributed by atoms with Gasteiger partial charge in [-0.15, -0.1) is 9.89 Å². The maximum atomic E-state index is 13.1. The fourth-order valence-corrected chi connectivity index (χ4v) is 2.09. The van der Waals surface area contributed by atoms with E-state index in [0.717, 1.165) is 16.4 Å². The summed E-state index contributed by atoms with van der Waals surface area (Å²) in [6, 6.07) is 12.3. The number of hydrogen-bond donors (Lipinski definition) is 2. The first-order valence-corrected chi connectivity index (χ1v) is 7.49. The van der Waals surface area contributed by atoms with E-state index in [2.05, 4.69) is 20.7 Å². The Balaban J connectivity index is 1.75. The fraction of sp³-hybridized carbons (Fsp3) is 0.0588. The van der Waals surface area contributed by atoms with Crippen LogP contribution in [0.15, 0.2) is 58.4 Å². The molecule has 0 bridgehead atoms. The average Bonchev–Trinajstić information content (AvgIpc) is 3.01. The summed E-state index contributed by atoms with van der Waals surface area (Å²) in [5, 5.41) is 12.3. The van der Waals surface area contributed by atoms with E-state index < -0.39 is 17.3 Å². The predicted molar refractivity (Wildman–Crippen MR) is 93.2 cm³/mol. The zero-order chi connectivity index (χ0) is 18.5. The third-order valence-corrected chi connectivity index (χ3v) is 3.39. The zero-order valence-corrected chi connectivity index (χ0v) is 13.6. The zero-order valence-electron chi connectivity index (χ0n) is 13.6. The molecule has 0 aliphatic rings. The highest BCUT2D eigenvalue weighted by Gasteiger charge is 2.16. The first kappa shape index (κ1) is 17.1. The minimum atomic E-state index is -0.768. The number of rotatable bonds is 5. The Hall–Kier alpha value is -3.75. The van der Waals surface area contributed by atoms with Gasteiger partial charge in [0, 0.05) is 5.69 Å². The normalized spacial score (nSPS) is 10.8. The molecule has 0 radical (unpaired) electrons. The fourth-order valence-electron chi connectivity index (χ4n) is 2.09. The molecule has 3 aromatic rings. The van der Waals surface area contributed by atoms with Gasteiger partial charge in [-0.2, -0.15) is 10.3 Å². The van der Waals surface area contributed by atoms with Gasteiger partial charge in [-0.1, -0.05) is 6.07 Å². The minimum Gasteiger partial charge on any atom is -0.497 e. The molecule has 8 nitrogen and oxygen atoms in total. The molecule has 0 aliphatic heterocycles. The number of hydrogen-bond acceptors (Lipinski definition) is 5. The molecule has 0 fully saturated rings. The molecule has 1 amide bonds. The number of aromatic nitrogens is 3. The average molecular weight is 355 g/mol. The van der Waals surface area contributed by atoms with Crippen LogP contribution in [-0.2, 0) is 0 Å². The monoisotopic (exact) mass is 355 g/mol. The summed E-state index contributed by atoms with van der Waals surface area (Å²) in [4.78, 5) is 25.1. The third-order valence-electron chi connectivity index (χ3n) is 3.39. The van der Waals surface area contributed by atoms with Crippen LogP contribution < -0.4 is 15.6 Å². The van der Waals surface area contributed by atoms with E-state index >= 15 is 0 Å². The van der Waals surface area contributed by atoms with Crippen LogP contribution in [0.4, 0.5) is 10.1 Å². The van der Waals surface area contributed by atoms with Crippen LogP contribution in [0.5, 0.6) is 5.75 Å². The standard InChI is InChI=1S/C17H14FN5O3/c1-26-14-7-5-11(6-8-14)10-19-23-17(25)15(21-22-23)16(24)20-13-4-2-3-12(18)9-13/h2-10,22H,1H3,(H,20,24). The smallest absolute Gasteiger partial charge is 0.320 e. The van der Waals surface area contributed by atoms with Gasteiger partial charge in [-0.25, -0.2) is 4.39 Å². The van der Waals surface area contributed by atoms with Gasteiger partial charge >= 0.3 is 5.56 Å². The van der Waals surface area contributed by atoms with Crippen molar-refractivity contribution in [2.75, 3.05) is 12.4 Å². The summed E-state index contributed by atoms with van der Waals surface area (Å²) in [6.45, 7) is 0. The first-order chi connectivity index (χ1) is 12.6. The Bertz CT molecular complexity index is 1010. The van der Waals surface area contributed by atoms with Crippen molar-refractivity contribution in [2.24, 2.45) is 5.10 Å². The molecule has 0 unspecified atom stereocenters. The van der Waals surface area contributed by atoms with Crippen molar-refractivity contribution >= 4 is 17.8 Å². The van der Waals surface area contributed by atoms with Gasteiger partial charge in [0.05, 0.1) is 13.3 Å². The number of amides is 1. The highest BCUT2D eigenvalue weighted by Crippen LogP contribution is 2.10. The number of ether oxygens (including phenoxy) is 1. The Morgan fingerprint density at radius 1 is 1.31 bits per heavy atom. The summed E-state index contributed by atoms with van der Waals surface area (Å²) in [5.41, 5.74) is -0.187. The molecule has 26 heavy (non-hydrogen) atoms. The highest BCUT2D eigenvalue weighted by molar-refractivity contribution is 6.02. The van der Waals surface area contributed by atoms with E-state index in [0.29, 0.717) is 5.75 Å². The third kappa shape index (κ3) is 3.83.